The van der Waals surface area contributed by atoms with E-state index in [-0.39, 0.29) is 11.8 Å². The van der Waals surface area contributed by atoms with E-state index in [1.807, 2.05) is 0 Å². The third-order valence-electron chi connectivity index (χ3n) is 5.42. The van der Waals surface area contributed by atoms with Gasteiger partial charge in [-0.1, -0.05) is 0 Å². The summed E-state index contributed by atoms with van der Waals surface area (Å²) in [7, 11) is 1.64. The maximum atomic E-state index is 12.3. The van der Waals surface area contributed by atoms with Crippen LogP contribution in [-0.4, -0.2) is 74.2 Å². The number of primary amides is 1. The highest BCUT2D eigenvalue weighted by Crippen LogP contribution is 2.28. The van der Waals surface area contributed by atoms with Gasteiger partial charge in [0.1, 0.15) is 5.69 Å². The molecule has 2 fully saturated rings. The van der Waals surface area contributed by atoms with E-state index in [0.29, 0.717) is 24.9 Å². The number of piperidine rings is 2. The summed E-state index contributed by atoms with van der Waals surface area (Å²) < 4.78 is 5.00. The predicted molar refractivity (Wildman–Crippen MR) is 105 cm³/mol. The lowest BCUT2D eigenvalue weighted by Crippen LogP contribution is -2.51. The number of hydrogen-bond donors (Lipinski definition) is 2. The molecule has 3 rings (SSSR count). The molecule has 1 atom stereocenters. The van der Waals surface area contributed by atoms with Gasteiger partial charge in [0.15, 0.2) is 5.13 Å². The van der Waals surface area contributed by atoms with Crippen molar-refractivity contribution in [2.24, 2.45) is 11.7 Å². The van der Waals surface area contributed by atoms with Crippen LogP contribution in [0.5, 0.6) is 0 Å². The highest BCUT2D eigenvalue weighted by Gasteiger charge is 2.32. The number of thiazole rings is 1. The first-order valence-electron chi connectivity index (χ1n) is 9.59. The molecular formula is C18H29N5O3S. The first-order chi connectivity index (χ1) is 13.1. The average molecular weight is 396 g/mol. The van der Waals surface area contributed by atoms with Crippen LogP contribution in [0, 0.1) is 5.92 Å². The van der Waals surface area contributed by atoms with E-state index in [9.17, 15) is 9.59 Å². The monoisotopic (exact) mass is 395 g/mol. The summed E-state index contributed by atoms with van der Waals surface area (Å²) in [6, 6.07) is 0.506. The van der Waals surface area contributed by atoms with E-state index in [4.69, 9.17) is 10.5 Å². The van der Waals surface area contributed by atoms with Crippen LogP contribution in [0.2, 0.25) is 0 Å². The zero-order valence-electron chi connectivity index (χ0n) is 15.9. The highest BCUT2D eigenvalue weighted by molar-refractivity contribution is 7.13. The maximum Gasteiger partial charge on any atom is 0.268 e. The molecule has 2 aliphatic heterocycles. The van der Waals surface area contributed by atoms with Crippen LogP contribution in [-0.2, 0) is 9.53 Å². The van der Waals surface area contributed by atoms with Crippen molar-refractivity contribution < 1.29 is 14.3 Å². The van der Waals surface area contributed by atoms with Gasteiger partial charge in [0.25, 0.3) is 5.91 Å². The molecule has 0 aliphatic carbocycles. The van der Waals surface area contributed by atoms with Crippen molar-refractivity contribution in [1.29, 1.82) is 0 Å². The zero-order chi connectivity index (χ0) is 19.2. The molecule has 3 heterocycles. The lowest BCUT2D eigenvalue weighted by Gasteiger charge is -2.42. The maximum absolute atomic E-state index is 12.3. The Hall–Kier alpha value is -1.71. The second-order valence-corrected chi connectivity index (χ2v) is 8.05. The zero-order valence-corrected chi connectivity index (χ0v) is 16.7. The van der Waals surface area contributed by atoms with Crippen LogP contribution in [0.4, 0.5) is 5.13 Å². The molecule has 0 saturated carbocycles. The van der Waals surface area contributed by atoms with Gasteiger partial charge in [-0.25, -0.2) is 4.98 Å². The van der Waals surface area contributed by atoms with Crippen LogP contribution in [0.25, 0.3) is 0 Å². The lowest BCUT2D eigenvalue weighted by molar-refractivity contribution is -0.127. The standard InChI is InChI=1S/C18H29N5O3S/c1-26-10-6-20-17(25)13-3-2-7-23(11-13)14-4-8-22(9-5-14)18-21-15(12-27-18)16(19)24/h12-14H,2-11H2,1H3,(H2,19,24)(H,20,25)/t13-/m0/s1. The van der Waals surface area contributed by atoms with Crippen molar-refractivity contribution in [3.63, 3.8) is 0 Å². The number of amides is 2. The van der Waals surface area contributed by atoms with E-state index in [1.165, 1.54) is 11.3 Å². The fraction of sp³-hybridized carbons (Fsp3) is 0.722. The smallest absolute Gasteiger partial charge is 0.268 e. The molecule has 150 valence electrons. The van der Waals surface area contributed by atoms with E-state index in [2.05, 4.69) is 20.1 Å². The fourth-order valence-electron chi connectivity index (χ4n) is 3.92. The van der Waals surface area contributed by atoms with Gasteiger partial charge in [0.2, 0.25) is 5.91 Å². The van der Waals surface area contributed by atoms with Crippen LogP contribution in [0.15, 0.2) is 5.38 Å². The number of rotatable bonds is 7. The SMILES string of the molecule is COCCNC(=O)[C@H]1CCCN(C2CCN(c3nc(C(N)=O)cs3)CC2)C1. The molecule has 9 heteroatoms. The molecule has 27 heavy (non-hydrogen) atoms. The molecule has 2 amide bonds. The third kappa shape index (κ3) is 5.18. The van der Waals surface area contributed by atoms with Gasteiger partial charge in [0, 0.05) is 44.7 Å². The molecule has 1 aromatic rings. The van der Waals surface area contributed by atoms with Gasteiger partial charge >= 0.3 is 0 Å². The minimum atomic E-state index is -0.476. The van der Waals surface area contributed by atoms with Crippen molar-refractivity contribution in [3.05, 3.63) is 11.1 Å². The Morgan fingerprint density at radius 1 is 1.33 bits per heavy atom. The van der Waals surface area contributed by atoms with Gasteiger partial charge in [-0.3, -0.25) is 14.5 Å². The third-order valence-corrected chi connectivity index (χ3v) is 6.33. The molecule has 8 nitrogen and oxygen atoms in total. The Labute approximate surface area is 164 Å². The van der Waals surface area contributed by atoms with Gasteiger partial charge in [0.05, 0.1) is 12.5 Å². The van der Waals surface area contributed by atoms with Crippen LogP contribution in [0.1, 0.15) is 36.2 Å². The van der Waals surface area contributed by atoms with E-state index < -0.39 is 5.91 Å². The first kappa shape index (κ1) is 20.0. The molecular weight excluding hydrogens is 366 g/mol. The van der Waals surface area contributed by atoms with Gasteiger partial charge in [-0.2, -0.15) is 0 Å². The molecule has 0 radical (unpaired) electrons. The molecule has 0 bridgehead atoms. The number of likely N-dealkylation sites (tertiary alicyclic amines) is 1. The van der Waals surface area contributed by atoms with Crippen molar-refractivity contribution in [2.45, 2.75) is 31.7 Å². The van der Waals surface area contributed by atoms with Gasteiger partial charge in [-0.05, 0) is 32.2 Å². The Bertz CT molecular complexity index is 645. The van der Waals surface area contributed by atoms with Crippen molar-refractivity contribution in [3.8, 4) is 0 Å². The second kappa shape index (κ2) is 9.48. The van der Waals surface area contributed by atoms with Crippen molar-refractivity contribution in [1.82, 2.24) is 15.2 Å². The molecule has 2 saturated heterocycles. The molecule has 0 unspecified atom stereocenters. The van der Waals surface area contributed by atoms with Crippen LogP contribution < -0.4 is 16.0 Å². The summed E-state index contributed by atoms with van der Waals surface area (Å²) in [5.74, 6) is -0.253. The normalized spacial score (nSPS) is 22.0. The summed E-state index contributed by atoms with van der Waals surface area (Å²) in [6.45, 7) is 4.86. The van der Waals surface area contributed by atoms with Crippen molar-refractivity contribution in [2.75, 3.05) is 51.3 Å². The number of nitrogens with two attached hydrogens (primary N) is 1. The van der Waals surface area contributed by atoms with Gasteiger partial charge < -0.3 is 20.7 Å². The summed E-state index contributed by atoms with van der Waals surface area (Å²) >= 11 is 1.47. The minimum Gasteiger partial charge on any atom is -0.383 e. The molecule has 1 aromatic heterocycles. The van der Waals surface area contributed by atoms with Gasteiger partial charge in [-0.15, -0.1) is 11.3 Å². The lowest BCUT2D eigenvalue weighted by atomic mass is 9.93. The average Bonchev–Trinajstić information content (AvgIpc) is 3.19. The molecule has 2 aliphatic rings. The van der Waals surface area contributed by atoms with E-state index >= 15 is 0 Å². The number of nitrogens with one attached hydrogen (secondary N) is 1. The predicted octanol–water partition coefficient (Wildman–Crippen LogP) is 0.685. The highest BCUT2D eigenvalue weighted by atomic mass is 32.1. The molecule has 0 spiro atoms. The van der Waals surface area contributed by atoms with E-state index in [0.717, 1.165) is 57.0 Å². The second-order valence-electron chi connectivity index (χ2n) is 7.22. The van der Waals surface area contributed by atoms with E-state index in [1.54, 1.807) is 12.5 Å². The number of carbonyl (C=O) groups is 2. The Balaban J connectivity index is 1.48. The number of ether oxygens (including phenoxy) is 1. The van der Waals surface area contributed by atoms with Crippen molar-refractivity contribution >= 4 is 28.3 Å². The molecule has 3 N–H and O–H groups in total. The van der Waals surface area contributed by atoms with Crippen LogP contribution >= 0.6 is 11.3 Å². The largest absolute Gasteiger partial charge is 0.383 e. The number of hydrogen-bond acceptors (Lipinski definition) is 7. The number of methoxy groups -OCH3 is 1. The Kier molecular flexibility index (Phi) is 7.03. The number of nitrogens with zero attached hydrogens (tertiary/aromatic N) is 3. The number of anilines is 1. The Morgan fingerprint density at radius 2 is 2.11 bits per heavy atom. The van der Waals surface area contributed by atoms with Crippen LogP contribution in [0.3, 0.4) is 0 Å². The number of carbonyl (C=O) groups excluding carboxylic acids is 2. The summed E-state index contributed by atoms with van der Waals surface area (Å²) in [5, 5.41) is 5.57. The summed E-state index contributed by atoms with van der Waals surface area (Å²) in [4.78, 5) is 32.6. The quantitative estimate of drug-likeness (QED) is 0.659. The summed E-state index contributed by atoms with van der Waals surface area (Å²) in [5.41, 5.74) is 5.64. The summed E-state index contributed by atoms with van der Waals surface area (Å²) in [6.07, 6.45) is 4.12. The fourth-order valence-corrected chi connectivity index (χ4v) is 4.79. The number of aromatic nitrogens is 1. The minimum absolute atomic E-state index is 0.0747. The molecule has 0 aromatic carbocycles. The Morgan fingerprint density at radius 3 is 2.78 bits per heavy atom. The topological polar surface area (TPSA) is 101 Å². The first-order valence-corrected chi connectivity index (χ1v) is 10.5.